The van der Waals surface area contributed by atoms with Crippen molar-refractivity contribution in [2.45, 2.75) is 0 Å². The maximum Gasteiger partial charge on any atom is 0.243 e. The molecule has 0 spiro atoms. The molecule has 0 atom stereocenters. The van der Waals surface area contributed by atoms with Gasteiger partial charge in [0.15, 0.2) is 5.65 Å². The number of fused-ring (bicyclic) bond motifs is 1. The second-order valence-electron chi connectivity index (χ2n) is 3.51. The molecule has 7 nitrogen and oxygen atoms in total. The first kappa shape index (κ1) is 13.2. The lowest BCUT2D eigenvalue weighted by Gasteiger charge is -2.02. The summed E-state index contributed by atoms with van der Waals surface area (Å²) >= 11 is 3.36. The smallest absolute Gasteiger partial charge is 0.243 e. The molecular formula is C9H12BrN5O2S. The van der Waals surface area contributed by atoms with Crippen LogP contribution in [0.25, 0.3) is 5.65 Å². The summed E-state index contributed by atoms with van der Waals surface area (Å²) in [5, 5.41) is 7.04. The normalized spacial score (nSPS) is 11.9. The van der Waals surface area contributed by atoms with Crippen LogP contribution in [0.2, 0.25) is 0 Å². The fourth-order valence-corrected chi connectivity index (χ4v) is 2.35. The zero-order chi connectivity index (χ0) is 13.2. The largest absolute Gasteiger partial charge is 0.352 e. The number of halogens is 1. The third-order valence-corrected chi connectivity index (χ3v) is 4.26. The monoisotopic (exact) mass is 333 g/mol. The highest BCUT2D eigenvalue weighted by molar-refractivity contribution is 9.10. The number of nitrogens with one attached hydrogen (secondary N) is 2. The Balaban J connectivity index is 2.07. The molecule has 0 fully saturated rings. The van der Waals surface area contributed by atoms with Gasteiger partial charge in [-0.05, 0) is 35.1 Å². The van der Waals surface area contributed by atoms with Crippen LogP contribution in [0, 0.1) is 0 Å². The predicted molar refractivity (Wildman–Crippen MR) is 72.0 cm³/mol. The number of pyridine rings is 1. The van der Waals surface area contributed by atoms with E-state index in [9.17, 15) is 8.42 Å². The van der Waals surface area contributed by atoms with Crippen molar-refractivity contribution in [2.24, 2.45) is 0 Å². The molecule has 18 heavy (non-hydrogen) atoms. The third-order valence-electron chi connectivity index (χ3n) is 2.28. The van der Waals surface area contributed by atoms with E-state index >= 15 is 0 Å². The molecule has 98 valence electrons. The van der Waals surface area contributed by atoms with Crippen LogP contribution >= 0.6 is 15.9 Å². The Morgan fingerprint density at radius 1 is 1.50 bits per heavy atom. The van der Waals surface area contributed by atoms with Crippen LogP contribution in [-0.2, 0) is 10.0 Å². The van der Waals surface area contributed by atoms with Gasteiger partial charge in [0.25, 0.3) is 0 Å². The Morgan fingerprint density at radius 2 is 2.28 bits per heavy atom. The van der Waals surface area contributed by atoms with Crippen LogP contribution in [0.15, 0.2) is 22.8 Å². The summed E-state index contributed by atoms with van der Waals surface area (Å²) < 4.78 is 27.1. The Bertz CT molecular complexity index is 654. The summed E-state index contributed by atoms with van der Waals surface area (Å²) in [4.78, 5) is 4.24. The Labute approximate surface area is 113 Å². The molecule has 0 bridgehead atoms. The molecule has 2 aromatic rings. The quantitative estimate of drug-likeness (QED) is 0.829. The van der Waals surface area contributed by atoms with E-state index in [-0.39, 0.29) is 12.3 Å². The number of rotatable bonds is 5. The van der Waals surface area contributed by atoms with Gasteiger partial charge >= 0.3 is 0 Å². The fourth-order valence-electron chi connectivity index (χ4n) is 1.35. The van der Waals surface area contributed by atoms with E-state index in [1.807, 2.05) is 12.1 Å². The summed E-state index contributed by atoms with van der Waals surface area (Å²) in [6.45, 7) is 0.248. The van der Waals surface area contributed by atoms with Gasteiger partial charge in [0.05, 0.1) is 10.2 Å². The predicted octanol–water partition coefficient (Wildman–Crippen LogP) is 0.453. The molecule has 0 amide bonds. The SMILES string of the molecule is CNS(=O)(=O)CCNc1nc2c(Br)cccn2n1. The minimum absolute atomic E-state index is 0.0276. The molecule has 2 heterocycles. The van der Waals surface area contributed by atoms with Crippen molar-refractivity contribution in [3.63, 3.8) is 0 Å². The Kier molecular flexibility index (Phi) is 3.83. The van der Waals surface area contributed by atoms with Gasteiger partial charge < -0.3 is 5.32 Å². The van der Waals surface area contributed by atoms with Crippen LogP contribution in [-0.4, -0.2) is 42.4 Å². The summed E-state index contributed by atoms with van der Waals surface area (Å²) in [5.41, 5.74) is 0.677. The van der Waals surface area contributed by atoms with Gasteiger partial charge in [-0.2, -0.15) is 4.98 Å². The standard InChI is InChI=1S/C9H12BrN5O2S/c1-11-18(16,17)6-4-12-9-13-8-7(10)3-2-5-15(8)14-9/h2-3,5,11H,4,6H2,1H3,(H,12,14). The van der Waals surface area contributed by atoms with Crippen molar-refractivity contribution in [2.75, 3.05) is 24.7 Å². The molecule has 0 aliphatic rings. The summed E-state index contributed by atoms with van der Waals surface area (Å²) in [5.74, 6) is 0.369. The lowest BCUT2D eigenvalue weighted by atomic mass is 10.5. The number of anilines is 1. The second-order valence-corrected chi connectivity index (χ2v) is 6.41. The molecule has 2 N–H and O–H groups in total. The van der Waals surface area contributed by atoms with Crippen LogP contribution in [0.3, 0.4) is 0 Å². The highest BCUT2D eigenvalue weighted by atomic mass is 79.9. The molecule has 0 aromatic carbocycles. The number of nitrogens with zero attached hydrogens (tertiary/aromatic N) is 3. The lowest BCUT2D eigenvalue weighted by molar-refractivity contribution is 0.588. The first-order valence-electron chi connectivity index (χ1n) is 5.18. The maximum atomic E-state index is 11.2. The van der Waals surface area contributed by atoms with Crippen molar-refractivity contribution in [1.29, 1.82) is 0 Å². The highest BCUT2D eigenvalue weighted by Gasteiger charge is 2.09. The molecule has 0 aliphatic carbocycles. The third kappa shape index (κ3) is 2.98. The molecule has 0 aliphatic heterocycles. The van der Waals surface area contributed by atoms with Crippen LogP contribution in [0.4, 0.5) is 5.95 Å². The maximum absolute atomic E-state index is 11.2. The van der Waals surface area contributed by atoms with Crippen LogP contribution in [0.5, 0.6) is 0 Å². The van der Waals surface area contributed by atoms with Crippen molar-refractivity contribution >= 4 is 37.5 Å². The first-order chi connectivity index (χ1) is 8.52. The zero-order valence-electron chi connectivity index (χ0n) is 9.59. The number of sulfonamides is 1. The highest BCUT2D eigenvalue weighted by Crippen LogP contribution is 2.16. The van der Waals surface area contributed by atoms with E-state index in [4.69, 9.17) is 0 Å². The average molecular weight is 334 g/mol. The Morgan fingerprint density at radius 3 is 2.94 bits per heavy atom. The summed E-state index contributed by atoms with van der Waals surface area (Å²) in [7, 11) is -1.83. The van der Waals surface area contributed by atoms with E-state index in [2.05, 4.69) is 36.1 Å². The van der Waals surface area contributed by atoms with E-state index in [0.717, 1.165) is 4.47 Å². The molecule has 0 saturated heterocycles. The Hall–Kier alpha value is -1.19. The van der Waals surface area contributed by atoms with Gasteiger partial charge in [0, 0.05) is 12.7 Å². The average Bonchev–Trinajstić information content (AvgIpc) is 2.73. The van der Waals surface area contributed by atoms with Crippen LogP contribution < -0.4 is 10.0 Å². The van der Waals surface area contributed by atoms with Crippen molar-refractivity contribution in [3.05, 3.63) is 22.8 Å². The van der Waals surface area contributed by atoms with Crippen molar-refractivity contribution in [3.8, 4) is 0 Å². The van der Waals surface area contributed by atoms with Gasteiger partial charge in [0.1, 0.15) is 0 Å². The van der Waals surface area contributed by atoms with Crippen molar-refractivity contribution < 1.29 is 8.42 Å². The second kappa shape index (κ2) is 5.21. The molecule has 0 saturated carbocycles. The minimum atomic E-state index is -3.21. The van der Waals surface area contributed by atoms with Crippen molar-refractivity contribution in [1.82, 2.24) is 19.3 Å². The van der Waals surface area contributed by atoms with E-state index < -0.39 is 10.0 Å². The fraction of sp³-hybridized carbons (Fsp3) is 0.333. The van der Waals surface area contributed by atoms with Crippen LogP contribution in [0.1, 0.15) is 0 Å². The van der Waals surface area contributed by atoms with E-state index in [1.54, 1.807) is 10.7 Å². The molecule has 2 rings (SSSR count). The van der Waals surface area contributed by atoms with Gasteiger partial charge in [0.2, 0.25) is 16.0 Å². The van der Waals surface area contributed by atoms with Gasteiger partial charge in [-0.25, -0.2) is 17.7 Å². The topological polar surface area (TPSA) is 88.4 Å². The van der Waals surface area contributed by atoms with Gasteiger partial charge in [-0.1, -0.05) is 0 Å². The van der Waals surface area contributed by atoms with Gasteiger partial charge in [-0.15, -0.1) is 5.10 Å². The molecule has 2 aromatic heterocycles. The number of hydrogen-bond donors (Lipinski definition) is 2. The summed E-state index contributed by atoms with van der Waals surface area (Å²) in [6.07, 6.45) is 1.77. The molecule has 0 radical (unpaired) electrons. The van der Waals surface area contributed by atoms with E-state index in [1.165, 1.54) is 7.05 Å². The van der Waals surface area contributed by atoms with E-state index in [0.29, 0.717) is 11.6 Å². The lowest BCUT2D eigenvalue weighted by Crippen LogP contribution is -2.26. The first-order valence-corrected chi connectivity index (χ1v) is 7.62. The number of hydrogen-bond acceptors (Lipinski definition) is 5. The molecule has 0 unspecified atom stereocenters. The zero-order valence-corrected chi connectivity index (χ0v) is 12.0. The minimum Gasteiger partial charge on any atom is -0.352 e. The summed E-state index contributed by atoms with van der Waals surface area (Å²) in [6, 6.07) is 3.69. The number of aromatic nitrogens is 3. The molecular weight excluding hydrogens is 322 g/mol. The molecule has 9 heteroatoms. The van der Waals surface area contributed by atoms with Gasteiger partial charge in [-0.3, -0.25) is 0 Å².